The average Bonchev–Trinajstić information content (AvgIpc) is 3.12. The summed E-state index contributed by atoms with van der Waals surface area (Å²) < 4.78 is 7.37. The van der Waals surface area contributed by atoms with E-state index in [2.05, 4.69) is 20.2 Å². The van der Waals surface area contributed by atoms with E-state index in [1.807, 2.05) is 28.8 Å². The van der Waals surface area contributed by atoms with Gasteiger partial charge in [0.25, 0.3) is 0 Å². The number of imidazole rings is 1. The van der Waals surface area contributed by atoms with Gasteiger partial charge in [0.05, 0.1) is 18.9 Å². The van der Waals surface area contributed by atoms with Crippen LogP contribution >= 0.6 is 0 Å². The van der Waals surface area contributed by atoms with Crippen molar-refractivity contribution in [2.24, 2.45) is 5.73 Å². The van der Waals surface area contributed by atoms with Crippen LogP contribution < -0.4 is 16.0 Å². The largest absolute Gasteiger partial charge is 0.378 e. The van der Waals surface area contributed by atoms with Gasteiger partial charge in [-0.1, -0.05) is 18.2 Å². The lowest BCUT2D eigenvalue weighted by Crippen LogP contribution is -2.37. The molecule has 0 bridgehead atoms. The van der Waals surface area contributed by atoms with Gasteiger partial charge in [-0.2, -0.15) is 0 Å². The summed E-state index contributed by atoms with van der Waals surface area (Å²) in [5, 5.41) is 2.65. The zero-order valence-electron chi connectivity index (χ0n) is 13.6. The maximum absolute atomic E-state index is 11.3. The number of fused-ring (bicyclic) bond motifs is 1. The molecule has 3 N–H and O–H groups in total. The van der Waals surface area contributed by atoms with E-state index >= 15 is 0 Å². The van der Waals surface area contributed by atoms with Gasteiger partial charge in [0.15, 0.2) is 0 Å². The van der Waals surface area contributed by atoms with Gasteiger partial charge in [0.2, 0.25) is 5.95 Å². The van der Waals surface area contributed by atoms with E-state index in [-0.39, 0.29) is 0 Å². The molecule has 1 aliphatic rings. The number of carbonyl (C=O) groups excluding carboxylic acids is 1. The summed E-state index contributed by atoms with van der Waals surface area (Å²) in [7, 11) is 0. The van der Waals surface area contributed by atoms with E-state index in [1.54, 1.807) is 18.5 Å². The summed E-state index contributed by atoms with van der Waals surface area (Å²) in [5.74, 6) is 0.833. The van der Waals surface area contributed by atoms with Crippen molar-refractivity contribution in [2.75, 3.05) is 36.5 Å². The number of primary amides is 1. The topological polar surface area (TPSA) is 97.8 Å². The Morgan fingerprint density at radius 1 is 1.16 bits per heavy atom. The lowest BCUT2D eigenvalue weighted by molar-refractivity contribution is 0.122. The van der Waals surface area contributed by atoms with Crippen LogP contribution in [0.2, 0.25) is 0 Å². The van der Waals surface area contributed by atoms with Crippen molar-refractivity contribution in [3.8, 4) is 11.1 Å². The Hall–Kier alpha value is -3.13. The third kappa shape index (κ3) is 2.87. The molecule has 2 amide bonds. The minimum atomic E-state index is -0.607. The van der Waals surface area contributed by atoms with Crippen LogP contribution in [0.25, 0.3) is 16.8 Å². The first-order valence-electron chi connectivity index (χ1n) is 8.04. The van der Waals surface area contributed by atoms with Crippen LogP contribution in [-0.2, 0) is 4.74 Å². The Bertz CT molecular complexity index is 916. The minimum absolute atomic E-state index is 0.607. The fourth-order valence-corrected chi connectivity index (χ4v) is 3.05. The molecule has 3 aromatic rings. The molecule has 0 radical (unpaired) electrons. The standard InChI is InChI=1S/C17H18N6O2/c18-16(24)21-14-4-2-1-3-12(14)13-11-20-17(22-7-9-25-10-8-22)23-6-5-19-15(13)23/h1-6,11H,7-10H2,(H3,18,21,24). The molecule has 1 aliphatic heterocycles. The number of nitrogens with one attached hydrogen (secondary N) is 1. The van der Waals surface area contributed by atoms with E-state index < -0.39 is 6.03 Å². The summed E-state index contributed by atoms with van der Waals surface area (Å²) in [6.07, 6.45) is 5.42. The van der Waals surface area contributed by atoms with Crippen molar-refractivity contribution >= 4 is 23.3 Å². The Morgan fingerprint density at radius 2 is 1.96 bits per heavy atom. The van der Waals surface area contributed by atoms with E-state index in [1.165, 1.54) is 0 Å². The predicted octanol–water partition coefficient (Wildman–Crippen LogP) is 1.72. The molecular weight excluding hydrogens is 320 g/mol. The number of nitrogens with two attached hydrogens (primary N) is 1. The van der Waals surface area contributed by atoms with Gasteiger partial charge in [-0.3, -0.25) is 4.40 Å². The van der Waals surface area contributed by atoms with Crippen LogP contribution in [0.5, 0.6) is 0 Å². The summed E-state index contributed by atoms with van der Waals surface area (Å²) in [4.78, 5) is 22.6. The van der Waals surface area contributed by atoms with Gasteiger partial charge < -0.3 is 20.7 Å². The van der Waals surface area contributed by atoms with Crippen molar-refractivity contribution in [3.63, 3.8) is 0 Å². The van der Waals surface area contributed by atoms with Crippen molar-refractivity contribution < 1.29 is 9.53 Å². The van der Waals surface area contributed by atoms with Crippen LogP contribution in [0.15, 0.2) is 42.9 Å². The summed E-state index contributed by atoms with van der Waals surface area (Å²) in [6.45, 7) is 2.95. The molecule has 1 fully saturated rings. The first-order chi connectivity index (χ1) is 12.2. The maximum Gasteiger partial charge on any atom is 0.316 e. The van der Waals surface area contributed by atoms with E-state index in [4.69, 9.17) is 10.5 Å². The predicted molar refractivity (Wildman–Crippen MR) is 94.7 cm³/mol. The zero-order chi connectivity index (χ0) is 17.2. The number of ether oxygens (including phenoxy) is 1. The molecule has 0 spiro atoms. The number of nitrogens with zero attached hydrogens (tertiary/aromatic N) is 4. The number of anilines is 2. The number of benzene rings is 1. The van der Waals surface area contributed by atoms with Gasteiger partial charge >= 0.3 is 6.03 Å². The van der Waals surface area contributed by atoms with Gasteiger partial charge in [0, 0.05) is 42.8 Å². The number of urea groups is 1. The lowest BCUT2D eigenvalue weighted by Gasteiger charge is -2.28. The van der Waals surface area contributed by atoms with Gasteiger partial charge in [0.1, 0.15) is 5.65 Å². The third-order valence-electron chi connectivity index (χ3n) is 4.18. The second kappa shape index (κ2) is 6.40. The molecule has 3 heterocycles. The molecule has 1 aromatic carbocycles. The zero-order valence-corrected chi connectivity index (χ0v) is 13.6. The number of amides is 2. The van der Waals surface area contributed by atoms with Gasteiger partial charge in [-0.25, -0.2) is 14.8 Å². The molecule has 4 rings (SSSR count). The number of hydrogen-bond acceptors (Lipinski definition) is 5. The monoisotopic (exact) mass is 338 g/mol. The third-order valence-corrected chi connectivity index (χ3v) is 4.18. The molecule has 1 saturated heterocycles. The quantitative estimate of drug-likeness (QED) is 0.758. The fourth-order valence-electron chi connectivity index (χ4n) is 3.05. The summed E-state index contributed by atoms with van der Waals surface area (Å²) in [6, 6.07) is 6.84. The number of para-hydroxylation sites is 1. The Morgan fingerprint density at radius 3 is 2.76 bits per heavy atom. The molecule has 8 heteroatoms. The highest BCUT2D eigenvalue weighted by Gasteiger charge is 2.19. The van der Waals surface area contributed by atoms with Crippen LogP contribution in [0.3, 0.4) is 0 Å². The SMILES string of the molecule is NC(=O)Nc1ccccc1-c1cnc(N2CCOCC2)n2ccnc12. The number of aromatic nitrogens is 3. The molecule has 0 saturated carbocycles. The number of rotatable bonds is 3. The van der Waals surface area contributed by atoms with E-state index in [9.17, 15) is 4.79 Å². The molecule has 128 valence electrons. The molecule has 25 heavy (non-hydrogen) atoms. The van der Waals surface area contributed by atoms with Crippen LogP contribution in [0, 0.1) is 0 Å². The normalized spacial score (nSPS) is 14.6. The van der Waals surface area contributed by atoms with Crippen LogP contribution in [0.4, 0.5) is 16.4 Å². The Balaban J connectivity index is 1.82. The number of morpholine rings is 1. The maximum atomic E-state index is 11.3. The molecule has 2 aromatic heterocycles. The molecule has 8 nitrogen and oxygen atoms in total. The first kappa shape index (κ1) is 15.4. The second-order valence-electron chi connectivity index (χ2n) is 5.73. The van der Waals surface area contributed by atoms with Crippen molar-refractivity contribution in [3.05, 3.63) is 42.9 Å². The fraction of sp³-hybridized carbons (Fsp3) is 0.235. The van der Waals surface area contributed by atoms with Crippen LogP contribution in [0.1, 0.15) is 0 Å². The second-order valence-corrected chi connectivity index (χ2v) is 5.73. The number of hydrogen-bond donors (Lipinski definition) is 2. The van der Waals surface area contributed by atoms with Gasteiger partial charge in [-0.15, -0.1) is 0 Å². The molecule has 0 aliphatic carbocycles. The molecule has 0 unspecified atom stereocenters. The number of carbonyl (C=O) groups is 1. The van der Waals surface area contributed by atoms with Crippen molar-refractivity contribution in [1.82, 2.24) is 14.4 Å². The van der Waals surface area contributed by atoms with E-state index in [0.717, 1.165) is 35.8 Å². The summed E-state index contributed by atoms with van der Waals surface area (Å²) >= 11 is 0. The highest BCUT2D eigenvalue weighted by molar-refractivity contribution is 5.95. The van der Waals surface area contributed by atoms with Gasteiger partial charge in [-0.05, 0) is 6.07 Å². The van der Waals surface area contributed by atoms with Crippen molar-refractivity contribution in [2.45, 2.75) is 0 Å². The highest BCUT2D eigenvalue weighted by atomic mass is 16.5. The summed E-state index contributed by atoms with van der Waals surface area (Å²) in [5.41, 5.74) is 8.32. The lowest BCUT2D eigenvalue weighted by atomic mass is 10.1. The van der Waals surface area contributed by atoms with E-state index in [0.29, 0.717) is 18.9 Å². The Labute approximate surface area is 144 Å². The van der Waals surface area contributed by atoms with Crippen molar-refractivity contribution in [1.29, 1.82) is 0 Å². The highest BCUT2D eigenvalue weighted by Crippen LogP contribution is 2.31. The van der Waals surface area contributed by atoms with Crippen LogP contribution in [-0.4, -0.2) is 46.7 Å². The molecule has 0 atom stereocenters. The average molecular weight is 338 g/mol. The first-order valence-corrected chi connectivity index (χ1v) is 8.04. The Kier molecular flexibility index (Phi) is 3.95. The minimum Gasteiger partial charge on any atom is -0.378 e. The molecular formula is C17H18N6O2. The smallest absolute Gasteiger partial charge is 0.316 e.